The zero-order valence-corrected chi connectivity index (χ0v) is 46.4. The molecule has 13 aromatic carbocycles. The number of hydrogen-bond donors (Lipinski definition) is 0. The number of nitriles is 2. The van der Waals surface area contributed by atoms with Crippen molar-refractivity contribution in [2.75, 3.05) is 0 Å². The van der Waals surface area contributed by atoms with Crippen molar-refractivity contribution in [1.82, 2.24) is 18.3 Å². The molecule has 4 heterocycles. The first-order chi connectivity index (χ1) is 42.6. The summed E-state index contributed by atoms with van der Waals surface area (Å²) >= 11 is 0. The summed E-state index contributed by atoms with van der Waals surface area (Å²) in [7, 11) is 0. The third kappa shape index (κ3) is 7.24. The first-order valence-electron chi connectivity index (χ1n) is 29.0. The minimum absolute atomic E-state index is 0.403. The molecule has 0 radical (unpaired) electrons. The van der Waals surface area contributed by atoms with Gasteiger partial charge in [0, 0.05) is 65.6 Å². The second kappa shape index (κ2) is 19.3. The van der Waals surface area contributed by atoms with E-state index in [-0.39, 0.29) is 0 Å². The second-order valence-electron chi connectivity index (χ2n) is 22.2. The molecule has 0 aliphatic carbocycles. The van der Waals surface area contributed by atoms with Gasteiger partial charge in [0.1, 0.15) is 12.1 Å². The number of fused-ring (bicyclic) bond motifs is 12. The van der Waals surface area contributed by atoms with Gasteiger partial charge in [-0.15, -0.1) is 0 Å². The largest absolute Gasteiger partial charge is 0.309 e. The van der Waals surface area contributed by atoms with Gasteiger partial charge in [0.15, 0.2) is 0 Å². The minimum Gasteiger partial charge on any atom is -0.309 e. The number of rotatable bonds is 8. The van der Waals surface area contributed by atoms with Crippen LogP contribution in [-0.4, -0.2) is 18.3 Å². The van der Waals surface area contributed by atoms with E-state index in [4.69, 9.17) is 0 Å². The van der Waals surface area contributed by atoms with Crippen molar-refractivity contribution in [1.29, 1.82) is 10.5 Å². The van der Waals surface area contributed by atoms with Crippen molar-refractivity contribution in [3.8, 4) is 79.4 Å². The van der Waals surface area contributed by atoms with Crippen molar-refractivity contribution in [2.24, 2.45) is 0 Å². The van der Waals surface area contributed by atoms with Crippen LogP contribution in [-0.2, 0) is 0 Å². The number of hydrogen-bond acceptors (Lipinski definition) is 2. The van der Waals surface area contributed by atoms with E-state index in [1.54, 1.807) is 0 Å². The Hall–Kier alpha value is -12.0. The highest BCUT2D eigenvalue weighted by atomic mass is 15.0. The second-order valence-corrected chi connectivity index (χ2v) is 22.2. The molecule has 0 N–H and O–H groups in total. The van der Waals surface area contributed by atoms with Gasteiger partial charge in [-0.05, 0) is 130 Å². The van der Waals surface area contributed by atoms with Crippen LogP contribution >= 0.6 is 0 Å². The summed E-state index contributed by atoms with van der Waals surface area (Å²) in [6.07, 6.45) is 0. The summed E-state index contributed by atoms with van der Waals surface area (Å²) in [4.78, 5) is 0. The molecule has 0 aliphatic rings. The lowest BCUT2D eigenvalue weighted by molar-refractivity contribution is 1.13. The van der Waals surface area contributed by atoms with E-state index in [1.165, 1.54) is 21.5 Å². The molecule has 0 spiro atoms. The van der Waals surface area contributed by atoms with Gasteiger partial charge < -0.3 is 18.3 Å². The summed E-state index contributed by atoms with van der Waals surface area (Å²) < 4.78 is 9.18. The first-order valence-corrected chi connectivity index (χ1v) is 29.0. The summed E-state index contributed by atoms with van der Waals surface area (Å²) in [5, 5.41) is 33.2. The fraction of sp³-hybridized carbons (Fsp3) is 0. The molecule has 0 amide bonds. The van der Waals surface area contributed by atoms with Crippen LogP contribution in [0.4, 0.5) is 0 Å². The Morgan fingerprint density at radius 2 is 0.465 bits per heavy atom. The summed E-state index contributed by atoms with van der Waals surface area (Å²) in [6.45, 7) is 0. The van der Waals surface area contributed by atoms with Crippen LogP contribution in [0.2, 0.25) is 0 Å². The molecule has 6 heteroatoms. The smallest absolute Gasteiger partial charge is 0.102 e. The van der Waals surface area contributed by atoms with Crippen LogP contribution in [0.3, 0.4) is 0 Å². The SMILES string of the molecule is N#Cc1c(-c2ccccc2)c(-n2c3ccccc3c3cc(-c4ccc5c(c4)c4ccccc4n5-c4ccccc4)ccc32)c(-c2ccccc2)c(C#N)c1-n1c2ccccc2c2cc(-c3ccc4c(c3)c3ccccc3n4-c3ccccc3)ccc21. The Bertz CT molecular complexity index is 5630. The van der Waals surface area contributed by atoms with Crippen LogP contribution in [0.15, 0.2) is 291 Å². The average molecular weight is 1090 g/mol. The van der Waals surface area contributed by atoms with Gasteiger partial charge in [-0.3, -0.25) is 0 Å². The summed E-state index contributed by atoms with van der Waals surface area (Å²) in [5.74, 6) is 0. The first kappa shape index (κ1) is 48.7. The quantitative estimate of drug-likeness (QED) is 0.152. The van der Waals surface area contributed by atoms with Crippen molar-refractivity contribution >= 4 is 87.2 Å². The van der Waals surface area contributed by atoms with E-state index < -0.39 is 0 Å². The monoisotopic (exact) mass is 1090 g/mol. The Labute approximate surface area is 495 Å². The van der Waals surface area contributed by atoms with Gasteiger partial charge in [-0.25, -0.2) is 0 Å². The topological polar surface area (TPSA) is 67.3 Å². The van der Waals surface area contributed by atoms with Crippen molar-refractivity contribution in [2.45, 2.75) is 0 Å². The van der Waals surface area contributed by atoms with Crippen LogP contribution in [0.25, 0.3) is 154 Å². The van der Waals surface area contributed by atoms with E-state index in [0.29, 0.717) is 16.8 Å². The molecule has 0 aliphatic heterocycles. The van der Waals surface area contributed by atoms with E-state index in [0.717, 1.165) is 127 Å². The maximum Gasteiger partial charge on any atom is 0.102 e. The van der Waals surface area contributed by atoms with E-state index >= 15 is 0 Å². The van der Waals surface area contributed by atoms with Gasteiger partial charge in [0.05, 0.1) is 66.6 Å². The molecule has 0 unspecified atom stereocenters. The Kier molecular flexibility index (Phi) is 11.0. The maximum absolute atomic E-state index is 12.1. The van der Waals surface area contributed by atoms with Gasteiger partial charge in [-0.1, -0.05) is 194 Å². The molecule has 6 nitrogen and oxygen atoms in total. The van der Waals surface area contributed by atoms with Crippen LogP contribution in [0.1, 0.15) is 11.1 Å². The minimum atomic E-state index is 0.403. The predicted octanol–water partition coefficient (Wildman–Crippen LogP) is 20.5. The number of para-hydroxylation sites is 6. The number of nitrogens with zero attached hydrogens (tertiary/aromatic N) is 6. The third-order valence-electron chi connectivity index (χ3n) is 17.6. The molecule has 86 heavy (non-hydrogen) atoms. The fourth-order valence-corrected chi connectivity index (χ4v) is 14.0. The lowest BCUT2D eigenvalue weighted by Gasteiger charge is -2.25. The molecule has 0 bridgehead atoms. The molecule has 4 aromatic heterocycles. The van der Waals surface area contributed by atoms with Gasteiger partial charge >= 0.3 is 0 Å². The molecule has 17 rings (SSSR count). The zero-order chi connectivity index (χ0) is 57.0. The Balaban J connectivity index is 0.907. The Morgan fingerprint density at radius 1 is 0.209 bits per heavy atom. The predicted molar refractivity (Wildman–Crippen MR) is 355 cm³/mol. The van der Waals surface area contributed by atoms with Gasteiger partial charge in [0.2, 0.25) is 0 Å². The standard InChI is InChI=1S/C80H48N6/c81-49-67-77(51-21-5-1-6-22-51)80(86-72-36-20-16-32-62(72)66-48-56(40-44-76(66)86)54-38-42-74-64(46-54)60-30-14-18-34-70(60)84(74)58-27-11-4-12-28-58)78(52-23-7-2-8-24-52)68(50-82)79(67)85-71-35-19-15-31-61(71)65-47-55(39-43-75(65)85)53-37-41-73-63(45-53)59-29-13-17-33-69(59)83(73)57-25-9-3-10-26-57/h1-48H. The normalized spacial score (nSPS) is 11.7. The fourth-order valence-electron chi connectivity index (χ4n) is 14.0. The lowest BCUT2D eigenvalue weighted by Crippen LogP contribution is -2.11. The lowest BCUT2D eigenvalue weighted by atomic mass is 9.86. The number of aromatic nitrogens is 4. The van der Waals surface area contributed by atoms with E-state index in [2.05, 4.69) is 279 Å². The average Bonchev–Trinajstić information content (AvgIpc) is 1.73. The molecule has 398 valence electrons. The highest BCUT2D eigenvalue weighted by molar-refractivity contribution is 6.16. The van der Waals surface area contributed by atoms with Crippen molar-refractivity contribution in [3.05, 3.63) is 302 Å². The molecule has 0 saturated heterocycles. The van der Waals surface area contributed by atoms with Crippen LogP contribution < -0.4 is 0 Å². The Morgan fingerprint density at radius 3 is 0.791 bits per heavy atom. The van der Waals surface area contributed by atoms with E-state index in [1.807, 2.05) is 42.5 Å². The van der Waals surface area contributed by atoms with Crippen LogP contribution in [0, 0.1) is 22.7 Å². The maximum atomic E-state index is 12.1. The van der Waals surface area contributed by atoms with Crippen molar-refractivity contribution < 1.29 is 0 Å². The van der Waals surface area contributed by atoms with Crippen molar-refractivity contribution in [3.63, 3.8) is 0 Å². The zero-order valence-electron chi connectivity index (χ0n) is 46.4. The highest BCUT2D eigenvalue weighted by Gasteiger charge is 2.32. The number of benzene rings is 13. The molecule has 0 atom stereocenters. The molecular weight excluding hydrogens is 1040 g/mol. The van der Waals surface area contributed by atoms with Gasteiger partial charge in [-0.2, -0.15) is 10.5 Å². The molecular formula is C80H48N6. The van der Waals surface area contributed by atoms with E-state index in [9.17, 15) is 10.5 Å². The summed E-state index contributed by atoms with van der Waals surface area (Å²) in [5.41, 5.74) is 20.2. The van der Waals surface area contributed by atoms with Crippen LogP contribution in [0.5, 0.6) is 0 Å². The summed E-state index contributed by atoms with van der Waals surface area (Å²) in [6, 6.07) is 108. The molecule has 0 fully saturated rings. The third-order valence-corrected chi connectivity index (χ3v) is 17.6. The molecule has 17 aromatic rings. The van der Waals surface area contributed by atoms with Gasteiger partial charge in [0.25, 0.3) is 0 Å². The molecule has 0 saturated carbocycles. The highest BCUT2D eigenvalue weighted by Crippen LogP contribution is 2.50.